The van der Waals surface area contributed by atoms with Gasteiger partial charge >= 0.3 is 0 Å². The lowest BCUT2D eigenvalue weighted by Crippen LogP contribution is -2.25. The molecule has 0 N–H and O–H groups in total. The molecule has 3 unspecified atom stereocenters. The molecule has 11 heavy (non-hydrogen) atoms. The third kappa shape index (κ3) is 2.40. The van der Waals surface area contributed by atoms with E-state index in [1.54, 1.807) is 0 Å². The Kier molecular flexibility index (Phi) is 2.90. The highest BCUT2D eigenvalue weighted by molar-refractivity contribution is 7.81. The van der Waals surface area contributed by atoms with Gasteiger partial charge in [-0.3, -0.25) is 0 Å². The molecule has 1 aliphatic rings. The fraction of sp³-hybridized carbons (Fsp3) is 1.00. The van der Waals surface area contributed by atoms with Gasteiger partial charge in [0.25, 0.3) is 0 Å². The summed E-state index contributed by atoms with van der Waals surface area (Å²) >= 11 is 4.72. The van der Waals surface area contributed by atoms with E-state index < -0.39 is 0 Å². The average molecular weight is 172 g/mol. The summed E-state index contributed by atoms with van der Waals surface area (Å²) in [5, 5.41) is 0. The van der Waals surface area contributed by atoms with Crippen LogP contribution < -0.4 is 0 Å². The zero-order valence-corrected chi connectivity index (χ0v) is 8.82. The van der Waals surface area contributed by atoms with Crippen LogP contribution in [-0.4, -0.2) is 4.75 Å². The van der Waals surface area contributed by atoms with Gasteiger partial charge in [-0.1, -0.05) is 33.6 Å². The summed E-state index contributed by atoms with van der Waals surface area (Å²) in [6.07, 6.45) is 5.42. The minimum Gasteiger partial charge on any atom is -0.173 e. The van der Waals surface area contributed by atoms with Crippen molar-refractivity contribution in [1.29, 1.82) is 0 Å². The van der Waals surface area contributed by atoms with E-state index in [0.717, 1.165) is 11.8 Å². The molecule has 0 spiro atoms. The normalized spacial score (nSPS) is 46.9. The second-order valence-corrected chi connectivity index (χ2v) is 5.51. The van der Waals surface area contributed by atoms with E-state index in [2.05, 4.69) is 20.8 Å². The van der Waals surface area contributed by atoms with E-state index in [-0.39, 0.29) is 0 Å². The Morgan fingerprint density at radius 1 is 1.36 bits per heavy atom. The fourth-order valence-electron chi connectivity index (χ4n) is 2.03. The Balaban J connectivity index is 2.58. The van der Waals surface area contributed by atoms with Crippen molar-refractivity contribution in [1.82, 2.24) is 0 Å². The lowest BCUT2D eigenvalue weighted by atomic mass is 9.88. The number of hydrogen-bond donors (Lipinski definition) is 1. The quantitative estimate of drug-likeness (QED) is 0.419. The molecule has 0 heterocycles. The van der Waals surface area contributed by atoms with Gasteiger partial charge in [-0.05, 0) is 24.7 Å². The van der Waals surface area contributed by atoms with Crippen molar-refractivity contribution in [2.75, 3.05) is 0 Å². The Morgan fingerprint density at radius 3 is 2.64 bits per heavy atom. The van der Waals surface area contributed by atoms with Crippen molar-refractivity contribution >= 4 is 12.6 Å². The smallest absolute Gasteiger partial charge is 0.0127 e. The Labute approximate surface area is 76.2 Å². The van der Waals surface area contributed by atoms with Crippen LogP contribution in [0.5, 0.6) is 0 Å². The topological polar surface area (TPSA) is 0 Å². The maximum absolute atomic E-state index is 4.72. The Bertz CT molecular complexity index is 129. The molecule has 0 aliphatic heterocycles. The highest BCUT2D eigenvalue weighted by Gasteiger charge is 2.30. The molecule has 1 fully saturated rings. The summed E-state index contributed by atoms with van der Waals surface area (Å²) < 4.78 is 0.296. The van der Waals surface area contributed by atoms with Crippen LogP contribution in [0.4, 0.5) is 0 Å². The molecule has 1 heteroatoms. The largest absolute Gasteiger partial charge is 0.173 e. The van der Waals surface area contributed by atoms with Gasteiger partial charge < -0.3 is 0 Å². The van der Waals surface area contributed by atoms with Crippen LogP contribution in [0.1, 0.15) is 46.5 Å². The molecule has 66 valence electrons. The summed E-state index contributed by atoms with van der Waals surface area (Å²) in [5.74, 6) is 1.70. The number of rotatable bonds is 0. The molecule has 0 aromatic carbocycles. The van der Waals surface area contributed by atoms with Gasteiger partial charge in [0.15, 0.2) is 0 Å². The average Bonchev–Trinajstić information content (AvgIpc) is 1.94. The summed E-state index contributed by atoms with van der Waals surface area (Å²) in [5.41, 5.74) is 0. The van der Waals surface area contributed by atoms with E-state index in [4.69, 9.17) is 12.6 Å². The SMILES string of the molecule is CC1CCCC(C)(S)C(C)C1. The maximum atomic E-state index is 4.72. The highest BCUT2D eigenvalue weighted by atomic mass is 32.1. The minimum absolute atomic E-state index is 0.296. The first-order valence-corrected chi connectivity index (χ1v) is 5.19. The molecular formula is C10H20S. The van der Waals surface area contributed by atoms with Crippen LogP contribution in [0.2, 0.25) is 0 Å². The molecular weight excluding hydrogens is 152 g/mol. The van der Waals surface area contributed by atoms with Crippen LogP contribution in [0.15, 0.2) is 0 Å². The first-order chi connectivity index (χ1) is 5.02. The van der Waals surface area contributed by atoms with Gasteiger partial charge in [0.2, 0.25) is 0 Å². The predicted molar refractivity (Wildman–Crippen MR) is 54.2 cm³/mol. The third-order valence-corrected chi connectivity index (χ3v) is 3.86. The summed E-state index contributed by atoms with van der Waals surface area (Å²) in [7, 11) is 0. The zero-order valence-electron chi connectivity index (χ0n) is 7.93. The van der Waals surface area contributed by atoms with Gasteiger partial charge in [-0.15, -0.1) is 0 Å². The standard InChI is InChI=1S/C10H20S/c1-8-5-4-6-10(3,11)9(2)7-8/h8-9,11H,4-7H2,1-3H3. The van der Waals surface area contributed by atoms with Gasteiger partial charge in [0.05, 0.1) is 0 Å². The maximum Gasteiger partial charge on any atom is 0.0127 e. The molecule has 1 rings (SSSR count). The van der Waals surface area contributed by atoms with Gasteiger partial charge in [0.1, 0.15) is 0 Å². The molecule has 0 bridgehead atoms. The number of hydrogen-bond acceptors (Lipinski definition) is 1. The van der Waals surface area contributed by atoms with Gasteiger partial charge in [0, 0.05) is 4.75 Å². The Hall–Kier alpha value is 0.350. The van der Waals surface area contributed by atoms with E-state index >= 15 is 0 Å². The van der Waals surface area contributed by atoms with Crippen molar-refractivity contribution in [2.24, 2.45) is 11.8 Å². The summed E-state index contributed by atoms with van der Waals surface area (Å²) in [6.45, 7) is 7.00. The molecule has 0 saturated heterocycles. The predicted octanol–water partition coefficient (Wildman–Crippen LogP) is 3.52. The van der Waals surface area contributed by atoms with Crippen LogP contribution in [-0.2, 0) is 0 Å². The van der Waals surface area contributed by atoms with E-state index in [1.807, 2.05) is 0 Å². The van der Waals surface area contributed by atoms with E-state index in [0.29, 0.717) is 4.75 Å². The Morgan fingerprint density at radius 2 is 2.00 bits per heavy atom. The van der Waals surface area contributed by atoms with E-state index in [1.165, 1.54) is 25.7 Å². The van der Waals surface area contributed by atoms with Crippen molar-refractivity contribution in [3.63, 3.8) is 0 Å². The highest BCUT2D eigenvalue weighted by Crippen LogP contribution is 2.38. The molecule has 0 aromatic heterocycles. The number of thiol groups is 1. The zero-order chi connectivity index (χ0) is 8.48. The molecule has 0 nitrogen and oxygen atoms in total. The lowest BCUT2D eigenvalue weighted by molar-refractivity contribution is 0.374. The molecule has 0 amide bonds. The fourth-order valence-corrected chi connectivity index (χ4v) is 2.29. The molecule has 1 aliphatic carbocycles. The van der Waals surface area contributed by atoms with Crippen molar-refractivity contribution < 1.29 is 0 Å². The van der Waals surface area contributed by atoms with Crippen LogP contribution in [0, 0.1) is 11.8 Å². The first-order valence-electron chi connectivity index (χ1n) is 4.75. The second kappa shape index (κ2) is 3.38. The van der Waals surface area contributed by atoms with E-state index in [9.17, 15) is 0 Å². The van der Waals surface area contributed by atoms with Crippen molar-refractivity contribution in [2.45, 2.75) is 51.2 Å². The first kappa shape index (κ1) is 9.44. The van der Waals surface area contributed by atoms with Crippen molar-refractivity contribution in [3.8, 4) is 0 Å². The molecule has 0 aromatic rings. The summed E-state index contributed by atoms with van der Waals surface area (Å²) in [4.78, 5) is 0. The van der Waals surface area contributed by atoms with Gasteiger partial charge in [-0.25, -0.2) is 0 Å². The second-order valence-electron chi connectivity index (χ2n) is 4.49. The molecule has 0 radical (unpaired) electrons. The molecule has 1 saturated carbocycles. The summed E-state index contributed by atoms with van der Waals surface area (Å²) in [6, 6.07) is 0. The van der Waals surface area contributed by atoms with Crippen LogP contribution in [0.3, 0.4) is 0 Å². The van der Waals surface area contributed by atoms with Gasteiger partial charge in [-0.2, -0.15) is 12.6 Å². The van der Waals surface area contributed by atoms with Crippen LogP contribution in [0.25, 0.3) is 0 Å². The van der Waals surface area contributed by atoms with Crippen molar-refractivity contribution in [3.05, 3.63) is 0 Å². The molecule has 3 atom stereocenters. The third-order valence-electron chi connectivity index (χ3n) is 3.20. The minimum atomic E-state index is 0.296. The lowest BCUT2D eigenvalue weighted by Gasteiger charge is -2.29. The van der Waals surface area contributed by atoms with Crippen LogP contribution >= 0.6 is 12.6 Å². The monoisotopic (exact) mass is 172 g/mol.